The molecule has 0 saturated carbocycles. The summed E-state index contributed by atoms with van der Waals surface area (Å²) in [6.07, 6.45) is 1.59. The number of benzene rings is 1. The predicted molar refractivity (Wildman–Crippen MR) is 85.7 cm³/mol. The van der Waals surface area contributed by atoms with Crippen LogP contribution in [0.2, 0.25) is 0 Å². The van der Waals surface area contributed by atoms with E-state index in [2.05, 4.69) is 4.85 Å². The monoisotopic (exact) mass is 261 g/mol. The van der Waals surface area contributed by atoms with Crippen LogP contribution in [0.4, 0.5) is 0 Å². The Labute approximate surface area is 119 Å². The van der Waals surface area contributed by atoms with Gasteiger partial charge in [-0.25, -0.2) is 4.85 Å². The average molecular weight is 261 g/mol. The van der Waals surface area contributed by atoms with Crippen molar-refractivity contribution in [3.8, 4) is 0 Å². The van der Waals surface area contributed by atoms with Gasteiger partial charge in [0.25, 0.3) is 0 Å². The lowest BCUT2D eigenvalue weighted by molar-refractivity contribution is -0.113. The van der Waals surface area contributed by atoms with Crippen LogP contribution in [0.3, 0.4) is 0 Å². The Morgan fingerprint density at radius 2 is 1.42 bits per heavy atom. The summed E-state index contributed by atoms with van der Waals surface area (Å²) < 4.78 is 0. The Balaban J connectivity index is -0.000000375. The minimum Gasteiger partial charge on any atom is -0.308 e. The van der Waals surface area contributed by atoms with Crippen molar-refractivity contribution in [1.82, 2.24) is 0 Å². The maximum Gasteiger partial charge on any atom is 0.229 e. The van der Waals surface area contributed by atoms with Gasteiger partial charge in [-0.15, -0.1) is 0 Å². The average Bonchev–Trinajstić information content (AvgIpc) is 2.51. The topological polar surface area (TPSA) is 21.4 Å². The van der Waals surface area contributed by atoms with Gasteiger partial charge in [-0.05, 0) is 18.6 Å². The van der Waals surface area contributed by atoms with Crippen LogP contribution in [0.5, 0.6) is 0 Å². The molecule has 0 bridgehead atoms. The van der Waals surface area contributed by atoms with Crippen molar-refractivity contribution >= 4 is 11.9 Å². The summed E-state index contributed by atoms with van der Waals surface area (Å²) in [5.74, 6) is -0.196. The number of hydrogen-bond acceptors (Lipinski definition) is 1. The molecule has 106 valence electrons. The Hall–Kier alpha value is -1.88. The summed E-state index contributed by atoms with van der Waals surface area (Å²) in [4.78, 5) is 14.0. The Bertz CT molecular complexity index is 372. The smallest absolute Gasteiger partial charge is 0.229 e. The van der Waals surface area contributed by atoms with Crippen LogP contribution in [-0.2, 0) is 4.79 Å². The van der Waals surface area contributed by atoms with Crippen molar-refractivity contribution in [3.05, 3.63) is 53.0 Å². The molecule has 1 aromatic carbocycles. The number of rotatable bonds is 2. The zero-order valence-corrected chi connectivity index (χ0v) is 13.3. The predicted octanol–water partition coefficient (Wildman–Crippen LogP) is 5.61. The number of allylic oxidation sites excluding steroid dienone is 1. The van der Waals surface area contributed by atoms with E-state index >= 15 is 0 Å². The fourth-order valence-corrected chi connectivity index (χ4v) is 0.920. The SMILES string of the molecule is CC.CC.CC.[C-]#[N+]/C(=C/c1ccccc1)C(C)=O. The van der Waals surface area contributed by atoms with Crippen LogP contribution in [-0.4, -0.2) is 5.78 Å². The second kappa shape index (κ2) is 18.5. The van der Waals surface area contributed by atoms with Gasteiger partial charge in [-0.1, -0.05) is 71.9 Å². The lowest BCUT2D eigenvalue weighted by atomic mass is 10.2. The van der Waals surface area contributed by atoms with Gasteiger partial charge in [0, 0.05) is 0 Å². The summed E-state index contributed by atoms with van der Waals surface area (Å²) in [6, 6.07) is 9.34. The Morgan fingerprint density at radius 1 is 1.00 bits per heavy atom. The highest BCUT2D eigenvalue weighted by Crippen LogP contribution is 2.07. The number of carbonyl (C=O) groups is 1. The zero-order valence-electron chi connectivity index (χ0n) is 13.3. The molecule has 0 spiro atoms. The van der Waals surface area contributed by atoms with Gasteiger partial charge in [0.1, 0.15) is 0 Å². The van der Waals surface area contributed by atoms with Crippen LogP contribution in [0.1, 0.15) is 54.0 Å². The van der Waals surface area contributed by atoms with E-state index in [4.69, 9.17) is 6.57 Å². The maximum atomic E-state index is 10.9. The highest BCUT2D eigenvalue weighted by atomic mass is 16.1. The van der Waals surface area contributed by atoms with E-state index in [1.54, 1.807) is 6.08 Å². The van der Waals surface area contributed by atoms with Crippen molar-refractivity contribution in [2.45, 2.75) is 48.5 Å². The van der Waals surface area contributed by atoms with E-state index in [1.165, 1.54) is 6.92 Å². The first-order valence-corrected chi connectivity index (χ1v) is 6.89. The largest absolute Gasteiger partial charge is 0.308 e. The molecule has 0 aliphatic heterocycles. The van der Waals surface area contributed by atoms with Crippen molar-refractivity contribution in [2.24, 2.45) is 0 Å². The van der Waals surface area contributed by atoms with Crippen molar-refractivity contribution in [3.63, 3.8) is 0 Å². The van der Waals surface area contributed by atoms with Gasteiger partial charge in [0.15, 0.2) is 5.78 Å². The molecule has 2 nitrogen and oxygen atoms in total. The molecular formula is C17H27NO. The van der Waals surface area contributed by atoms with Gasteiger partial charge in [0.2, 0.25) is 5.70 Å². The van der Waals surface area contributed by atoms with Gasteiger partial charge < -0.3 is 4.79 Å². The van der Waals surface area contributed by atoms with Gasteiger partial charge >= 0.3 is 0 Å². The molecule has 2 heteroatoms. The van der Waals surface area contributed by atoms with Crippen molar-refractivity contribution in [2.75, 3.05) is 0 Å². The summed E-state index contributed by atoms with van der Waals surface area (Å²) in [7, 11) is 0. The molecule has 0 unspecified atom stereocenters. The molecule has 0 N–H and O–H groups in total. The lowest BCUT2D eigenvalue weighted by Crippen LogP contribution is -1.90. The first-order chi connectivity index (χ1) is 9.24. The zero-order chi connectivity index (χ0) is 15.7. The summed E-state index contributed by atoms with van der Waals surface area (Å²) in [5, 5.41) is 0. The molecule has 1 aromatic rings. The molecule has 1 rings (SSSR count). The molecule has 0 fully saturated rings. The Morgan fingerprint density at radius 3 is 1.74 bits per heavy atom. The van der Waals surface area contributed by atoms with Crippen LogP contribution >= 0.6 is 0 Å². The van der Waals surface area contributed by atoms with E-state index in [0.29, 0.717) is 0 Å². The number of hydrogen-bond donors (Lipinski definition) is 0. The number of nitrogens with zero attached hydrogens (tertiary/aromatic N) is 1. The highest BCUT2D eigenvalue weighted by Gasteiger charge is 2.01. The van der Waals surface area contributed by atoms with Crippen molar-refractivity contribution < 1.29 is 4.79 Å². The number of carbonyl (C=O) groups excluding carboxylic acids is 1. The van der Waals surface area contributed by atoms with Crippen LogP contribution in [0.25, 0.3) is 10.9 Å². The fourth-order valence-electron chi connectivity index (χ4n) is 0.920. The normalized spacial score (nSPS) is 8.21. The quantitative estimate of drug-likeness (QED) is 0.500. The first-order valence-electron chi connectivity index (χ1n) is 6.89. The summed E-state index contributed by atoms with van der Waals surface area (Å²) in [5.41, 5.74) is 1.05. The molecule has 0 amide bonds. The minimum atomic E-state index is -0.196. The standard InChI is InChI=1S/C11H9NO.3C2H6/c1-9(13)11(12-2)8-10-6-4-3-5-7-10;3*1-2/h3-8H,1H3;3*1-2H3/b11-8+;;;. The van der Waals surface area contributed by atoms with Crippen LogP contribution < -0.4 is 0 Å². The molecule has 0 aliphatic rings. The van der Waals surface area contributed by atoms with E-state index in [-0.39, 0.29) is 11.5 Å². The van der Waals surface area contributed by atoms with E-state index in [9.17, 15) is 4.79 Å². The highest BCUT2D eigenvalue weighted by molar-refractivity contribution is 5.99. The van der Waals surface area contributed by atoms with E-state index < -0.39 is 0 Å². The van der Waals surface area contributed by atoms with Crippen LogP contribution in [0, 0.1) is 6.57 Å². The molecule has 0 saturated heterocycles. The molecular weight excluding hydrogens is 234 g/mol. The number of ketones is 1. The minimum absolute atomic E-state index is 0.172. The molecule has 0 heterocycles. The molecule has 0 aliphatic carbocycles. The lowest BCUT2D eigenvalue weighted by Gasteiger charge is -1.92. The number of Topliss-reactive ketones (excluding diaryl/α,β-unsaturated/α-hetero) is 1. The summed E-state index contributed by atoms with van der Waals surface area (Å²) >= 11 is 0. The molecule has 0 aromatic heterocycles. The molecule has 0 atom stereocenters. The van der Waals surface area contributed by atoms with Gasteiger partial charge in [-0.3, -0.25) is 0 Å². The maximum absolute atomic E-state index is 10.9. The summed E-state index contributed by atoms with van der Waals surface area (Å²) in [6.45, 7) is 20.2. The second-order valence-electron chi connectivity index (χ2n) is 2.61. The van der Waals surface area contributed by atoms with E-state index in [0.717, 1.165) is 5.56 Å². The van der Waals surface area contributed by atoms with E-state index in [1.807, 2.05) is 71.9 Å². The molecule has 19 heavy (non-hydrogen) atoms. The third-order valence-corrected chi connectivity index (χ3v) is 1.58. The van der Waals surface area contributed by atoms with Crippen molar-refractivity contribution in [1.29, 1.82) is 0 Å². The Kier molecular flexibility index (Phi) is 21.7. The van der Waals surface area contributed by atoms with Gasteiger partial charge in [0.05, 0.1) is 6.57 Å². The molecule has 0 radical (unpaired) electrons. The third-order valence-electron chi connectivity index (χ3n) is 1.58. The third kappa shape index (κ3) is 12.4. The second-order valence-corrected chi connectivity index (χ2v) is 2.61. The van der Waals surface area contributed by atoms with Gasteiger partial charge in [-0.2, -0.15) is 0 Å². The van der Waals surface area contributed by atoms with Crippen LogP contribution in [0.15, 0.2) is 36.0 Å². The fraction of sp³-hybridized carbons (Fsp3) is 0.412. The first kappa shape index (κ1) is 22.3.